The molecule has 0 fully saturated rings. The summed E-state index contributed by atoms with van der Waals surface area (Å²) in [5, 5.41) is 0.834. The van der Waals surface area contributed by atoms with Crippen LogP contribution in [0.1, 0.15) is 15.9 Å². The third-order valence-corrected chi connectivity index (χ3v) is 3.86. The topological polar surface area (TPSA) is 26.3 Å². The van der Waals surface area contributed by atoms with Crippen molar-refractivity contribution in [3.05, 3.63) is 62.0 Å². The average Bonchev–Trinajstić information content (AvgIpc) is 2.40. The Balaban J connectivity index is 2.10. The fraction of sp³-hybridized carbons (Fsp3) is 0.133. The zero-order chi connectivity index (χ0) is 14.7. The highest BCUT2D eigenvalue weighted by Crippen LogP contribution is 2.26. The van der Waals surface area contributed by atoms with Gasteiger partial charge in [0.15, 0.2) is 6.61 Å². The lowest BCUT2D eigenvalue weighted by atomic mass is 10.1. The summed E-state index contributed by atoms with van der Waals surface area (Å²) in [6.07, 6.45) is 0. The minimum absolute atomic E-state index is 0.0955. The highest BCUT2D eigenvalue weighted by atomic mass is 79.9. The Morgan fingerprint density at radius 1 is 1.20 bits per heavy atom. The fourth-order valence-corrected chi connectivity index (χ4v) is 2.66. The van der Waals surface area contributed by atoms with E-state index in [1.54, 1.807) is 18.2 Å². The van der Waals surface area contributed by atoms with Crippen LogP contribution < -0.4 is 4.74 Å². The van der Waals surface area contributed by atoms with E-state index in [0.717, 1.165) is 10.0 Å². The van der Waals surface area contributed by atoms with Crippen LogP contribution in [0.2, 0.25) is 10.0 Å². The highest BCUT2D eigenvalue weighted by molar-refractivity contribution is 9.10. The maximum Gasteiger partial charge on any atom is 0.201 e. The van der Waals surface area contributed by atoms with Crippen LogP contribution in [0, 0.1) is 6.92 Å². The van der Waals surface area contributed by atoms with Gasteiger partial charge in [-0.25, -0.2) is 0 Å². The molecule has 0 saturated carbocycles. The zero-order valence-electron chi connectivity index (χ0n) is 10.6. The Morgan fingerprint density at radius 3 is 2.65 bits per heavy atom. The normalized spacial score (nSPS) is 10.4. The van der Waals surface area contributed by atoms with E-state index >= 15 is 0 Å². The van der Waals surface area contributed by atoms with Crippen molar-refractivity contribution in [3.8, 4) is 5.75 Å². The molecule has 0 unspecified atom stereocenters. The molecule has 0 radical (unpaired) electrons. The lowest BCUT2D eigenvalue weighted by Gasteiger charge is -2.09. The monoisotopic (exact) mass is 372 g/mol. The average molecular weight is 374 g/mol. The second-order valence-corrected chi connectivity index (χ2v) is 5.97. The number of Topliss-reactive ketones (excluding diaryl/α,β-unsaturated/α-hetero) is 1. The van der Waals surface area contributed by atoms with E-state index in [0.29, 0.717) is 21.4 Å². The molecule has 0 aliphatic carbocycles. The van der Waals surface area contributed by atoms with E-state index in [9.17, 15) is 4.79 Å². The largest absolute Gasteiger partial charge is 0.484 e. The molecule has 0 bridgehead atoms. The second-order valence-electron chi connectivity index (χ2n) is 4.27. The molecule has 2 nitrogen and oxygen atoms in total. The smallest absolute Gasteiger partial charge is 0.201 e. The lowest BCUT2D eigenvalue weighted by molar-refractivity contribution is 0.0921. The molecule has 5 heteroatoms. The molecule has 0 atom stereocenters. The van der Waals surface area contributed by atoms with Crippen molar-refractivity contribution in [2.75, 3.05) is 6.61 Å². The minimum atomic E-state index is -0.218. The van der Waals surface area contributed by atoms with Gasteiger partial charge in [0.05, 0.1) is 9.50 Å². The first-order chi connectivity index (χ1) is 9.47. The number of rotatable bonds is 4. The summed E-state index contributed by atoms with van der Waals surface area (Å²) in [7, 11) is 0. The van der Waals surface area contributed by atoms with E-state index < -0.39 is 0 Å². The van der Waals surface area contributed by atoms with Crippen LogP contribution in [0.5, 0.6) is 5.75 Å². The number of carbonyl (C=O) groups is 1. The van der Waals surface area contributed by atoms with Crippen molar-refractivity contribution in [2.45, 2.75) is 6.92 Å². The van der Waals surface area contributed by atoms with Gasteiger partial charge in [0.1, 0.15) is 5.75 Å². The summed E-state index contributed by atoms with van der Waals surface area (Å²) in [6.45, 7) is 1.88. The van der Waals surface area contributed by atoms with E-state index in [2.05, 4.69) is 15.9 Å². The van der Waals surface area contributed by atoms with E-state index in [4.69, 9.17) is 27.9 Å². The maximum absolute atomic E-state index is 12.1. The van der Waals surface area contributed by atoms with Crippen LogP contribution >= 0.6 is 39.1 Å². The minimum Gasteiger partial charge on any atom is -0.484 e. The molecule has 0 amide bonds. The van der Waals surface area contributed by atoms with Crippen molar-refractivity contribution in [2.24, 2.45) is 0 Å². The third-order valence-electron chi connectivity index (χ3n) is 2.67. The number of ketones is 1. The number of ether oxygens (including phenoxy) is 1. The van der Waals surface area contributed by atoms with Crippen LogP contribution in [0.4, 0.5) is 0 Å². The van der Waals surface area contributed by atoms with Crippen molar-refractivity contribution in [1.82, 2.24) is 0 Å². The first kappa shape index (κ1) is 15.4. The molecule has 104 valence electrons. The Labute approximate surface area is 135 Å². The van der Waals surface area contributed by atoms with Gasteiger partial charge in [-0.1, -0.05) is 29.3 Å². The Kier molecular flexibility index (Phi) is 5.08. The van der Waals surface area contributed by atoms with Gasteiger partial charge in [-0.3, -0.25) is 4.79 Å². The highest BCUT2D eigenvalue weighted by Gasteiger charge is 2.12. The van der Waals surface area contributed by atoms with Gasteiger partial charge in [-0.2, -0.15) is 0 Å². The van der Waals surface area contributed by atoms with Crippen molar-refractivity contribution in [1.29, 1.82) is 0 Å². The van der Waals surface area contributed by atoms with Crippen LogP contribution in [-0.2, 0) is 0 Å². The molecular formula is C15H11BrCl2O2. The van der Waals surface area contributed by atoms with Crippen molar-refractivity contribution < 1.29 is 9.53 Å². The molecule has 0 saturated heterocycles. The molecule has 2 aromatic carbocycles. The molecule has 0 aliphatic heterocycles. The van der Waals surface area contributed by atoms with Crippen molar-refractivity contribution in [3.63, 3.8) is 0 Å². The number of hydrogen-bond donors (Lipinski definition) is 0. The Morgan fingerprint density at radius 2 is 1.95 bits per heavy atom. The van der Waals surface area contributed by atoms with Gasteiger partial charge in [-0.15, -0.1) is 0 Å². The van der Waals surface area contributed by atoms with Gasteiger partial charge >= 0.3 is 0 Å². The van der Waals surface area contributed by atoms with Gasteiger partial charge < -0.3 is 4.74 Å². The molecule has 20 heavy (non-hydrogen) atoms. The summed E-state index contributed by atoms with van der Waals surface area (Å²) in [6, 6.07) is 10.4. The molecule has 0 N–H and O–H groups in total. The number of aryl methyl sites for hydroxylation is 1. The van der Waals surface area contributed by atoms with Crippen molar-refractivity contribution >= 4 is 44.9 Å². The van der Waals surface area contributed by atoms with Crippen LogP contribution in [-0.4, -0.2) is 12.4 Å². The molecule has 2 aromatic rings. The maximum atomic E-state index is 12.1. The Bertz CT molecular complexity index is 656. The Hall–Kier alpha value is -1.03. The molecule has 0 aliphatic rings. The van der Waals surface area contributed by atoms with Gasteiger partial charge in [0.25, 0.3) is 0 Å². The number of benzene rings is 2. The number of carbonyl (C=O) groups excluding carboxylic acids is 1. The van der Waals surface area contributed by atoms with E-state index in [1.165, 1.54) is 0 Å². The predicted molar refractivity (Wildman–Crippen MR) is 85.2 cm³/mol. The SMILES string of the molecule is Cc1ccc(OCC(=O)c2cc(Cl)ccc2Cl)c(Br)c1. The van der Waals surface area contributed by atoms with Gasteiger partial charge in [0, 0.05) is 10.6 Å². The van der Waals surface area contributed by atoms with Gasteiger partial charge in [-0.05, 0) is 58.7 Å². The number of hydrogen-bond acceptors (Lipinski definition) is 2. The molecule has 0 aromatic heterocycles. The molecule has 0 spiro atoms. The first-order valence-corrected chi connectivity index (χ1v) is 7.39. The number of halogens is 3. The van der Waals surface area contributed by atoms with Crippen LogP contribution in [0.25, 0.3) is 0 Å². The quantitative estimate of drug-likeness (QED) is 0.677. The summed E-state index contributed by atoms with van der Waals surface area (Å²) in [5.41, 5.74) is 1.47. The summed E-state index contributed by atoms with van der Waals surface area (Å²) >= 11 is 15.2. The van der Waals surface area contributed by atoms with E-state index in [-0.39, 0.29) is 12.4 Å². The molecule has 2 rings (SSSR count). The lowest BCUT2D eigenvalue weighted by Crippen LogP contribution is -2.12. The third kappa shape index (κ3) is 3.75. The first-order valence-electron chi connectivity index (χ1n) is 5.84. The summed E-state index contributed by atoms with van der Waals surface area (Å²) in [5.74, 6) is 0.395. The molecule has 0 heterocycles. The fourth-order valence-electron chi connectivity index (χ4n) is 1.66. The standard InChI is InChI=1S/C15H11BrCl2O2/c1-9-2-5-15(12(16)6-9)20-8-14(19)11-7-10(17)3-4-13(11)18/h2-7H,8H2,1H3. The summed E-state index contributed by atoms with van der Waals surface area (Å²) in [4.78, 5) is 12.1. The van der Waals surface area contributed by atoms with Gasteiger partial charge in [0.2, 0.25) is 5.78 Å². The second kappa shape index (κ2) is 6.61. The zero-order valence-corrected chi connectivity index (χ0v) is 13.7. The molecular weight excluding hydrogens is 363 g/mol. The summed E-state index contributed by atoms with van der Waals surface area (Å²) < 4.78 is 6.31. The van der Waals surface area contributed by atoms with Crippen LogP contribution in [0.15, 0.2) is 40.9 Å². The predicted octanol–water partition coefficient (Wildman–Crippen LogP) is 5.33. The van der Waals surface area contributed by atoms with Crippen LogP contribution in [0.3, 0.4) is 0 Å². The van der Waals surface area contributed by atoms with E-state index in [1.807, 2.05) is 25.1 Å².